The van der Waals surface area contributed by atoms with Gasteiger partial charge in [0.1, 0.15) is 6.42 Å². The molecule has 0 bridgehead atoms. The van der Waals surface area contributed by atoms with Crippen molar-refractivity contribution < 1.29 is 14.6 Å². The van der Waals surface area contributed by atoms with Gasteiger partial charge >= 0.3 is 6.17 Å². The average molecular weight is 241 g/mol. The van der Waals surface area contributed by atoms with Crippen LogP contribution in [0.15, 0.2) is 0 Å². The molecule has 0 unspecified atom stereocenters. The fourth-order valence-corrected chi connectivity index (χ4v) is 0.713. The molecule has 0 fully saturated rings. The molecule has 0 aromatic heterocycles. The molecular weight excluding hydrogens is 236 g/mol. The first-order valence-electron chi connectivity index (χ1n) is 2.83. The summed E-state index contributed by atoms with van der Waals surface area (Å²) >= 11 is 2.75. The van der Waals surface area contributed by atoms with E-state index >= 15 is 0 Å². The van der Waals surface area contributed by atoms with Crippen molar-refractivity contribution in [3.8, 4) is 0 Å². The average Bonchev–Trinajstić information content (AvgIpc) is 1.98. The SMILES string of the molecule is O=C(CBr)CC([N+](=O)[O-])[N+](=O)[O-]. The highest BCUT2D eigenvalue weighted by Crippen LogP contribution is 2.00. The summed E-state index contributed by atoms with van der Waals surface area (Å²) in [5.74, 6) is -0.562. The molecule has 12 heavy (non-hydrogen) atoms. The molecule has 0 saturated heterocycles. The quantitative estimate of drug-likeness (QED) is 0.296. The van der Waals surface area contributed by atoms with Crippen LogP contribution in [0.25, 0.3) is 0 Å². The first-order valence-corrected chi connectivity index (χ1v) is 3.95. The van der Waals surface area contributed by atoms with Gasteiger partial charge < -0.3 is 0 Å². The van der Waals surface area contributed by atoms with Gasteiger partial charge in [-0.1, -0.05) is 15.9 Å². The van der Waals surface area contributed by atoms with Crippen molar-refractivity contribution in [2.24, 2.45) is 0 Å². The lowest BCUT2D eigenvalue weighted by atomic mass is 10.3. The van der Waals surface area contributed by atoms with Crippen molar-refractivity contribution in [2.45, 2.75) is 12.6 Å². The lowest BCUT2D eigenvalue weighted by Gasteiger charge is -1.98. The van der Waals surface area contributed by atoms with Crippen molar-refractivity contribution in [1.29, 1.82) is 0 Å². The summed E-state index contributed by atoms with van der Waals surface area (Å²) in [5.41, 5.74) is 0. The lowest BCUT2D eigenvalue weighted by Crippen LogP contribution is -2.31. The summed E-state index contributed by atoms with van der Waals surface area (Å²) in [5, 5.41) is 19.9. The number of alkyl halides is 1. The molecule has 7 nitrogen and oxygen atoms in total. The number of carbonyl (C=O) groups excluding carboxylic acids is 1. The van der Waals surface area contributed by atoms with Crippen molar-refractivity contribution >= 4 is 21.7 Å². The van der Waals surface area contributed by atoms with Gasteiger partial charge in [-0.25, -0.2) is 0 Å². The molecule has 0 aliphatic heterocycles. The zero-order valence-corrected chi connectivity index (χ0v) is 7.39. The molecule has 0 aromatic rings. The summed E-state index contributed by atoms with van der Waals surface area (Å²) in [7, 11) is 0. The Morgan fingerprint density at radius 3 is 2.00 bits per heavy atom. The molecule has 0 aromatic carbocycles. The number of Topliss-reactive ketones (excluding diaryl/α,β-unsaturated/α-hetero) is 1. The second-order valence-corrected chi connectivity index (χ2v) is 2.49. The lowest BCUT2D eigenvalue weighted by molar-refractivity contribution is -0.740. The van der Waals surface area contributed by atoms with E-state index in [0.717, 1.165) is 0 Å². The first kappa shape index (κ1) is 11.0. The molecule has 0 atom stereocenters. The molecule has 0 aliphatic rings. The smallest absolute Gasteiger partial charge is 0.298 e. The van der Waals surface area contributed by atoms with E-state index in [1.165, 1.54) is 0 Å². The molecule has 0 N–H and O–H groups in total. The third kappa shape index (κ3) is 3.37. The second kappa shape index (κ2) is 4.75. The van der Waals surface area contributed by atoms with Gasteiger partial charge in [-0.05, 0) is 0 Å². The summed E-state index contributed by atoms with van der Waals surface area (Å²) in [6.45, 7) is 0. The minimum absolute atomic E-state index is 0.106. The largest absolute Gasteiger partial charge is 0.457 e. The Balaban J connectivity index is 4.24. The maximum atomic E-state index is 10.6. The Morgan fingerprint density at radius 2 is 1.75 bits per heavy atom. The van der Waals surface area contributed by atoms with Crippen LogP contribution in [-0.2, 0) is 4.79 Å². The summed E-state index contributed by atoms with van der Waals surface area (Å²) in [6, 6.07) is 0. The summed E-state index contributed by atoms with van der Waals surface area (Å²) in [6.07, 6.45) is -2.69. The van der Waals surface area contributed by atoms with E-state index in [-0.39, 0.29) is 5.33 Å². The molecule has 0 rings (SSSR count). The van der Waals surface area contributed by atoms with Crippen LogP contribution >= 0.6 is 15.9 Å². The number of carbonyl (C=O) groups is 1. The van der Waals surface area contributed by atoms with Gasteiger partial charge in [0.25, 0.3) is 0 Å². The van der Waals surface area contributed by atoms with Crippen molar-refractivity contribution in [3.63, 3.8) is 0 Å². The van der Waals surface area contributed by atoms with Crippen LogP contribution in [0.1, 0.15) is 6.42 Å². The van der Waals surface area contributed by atoms with E-state index in [0.29, 0.717) is 0 Å². The molecule has 68 valence electrons. The van der Waals surface area contributed by atoms with Gasteiger partial charge in [-0.3, -0.25) is 25.0 Å². The zero-order chi connectivity index (χ0) is 9.72. The highest BCUT2D eigenvalue weighted by atomic mass is 79.9. The van der Waals surface area contributed by atoms with Crippen LogP contribution < -0.4 is 0 Å². The van der Waals surface area contributed by atoms with Crippen LogP contribution in [0.5, 0.6) is 0 Å². The number of ketones is 1. The Morgan fingerprint density at radius 1 is 1.33 bits per heavy atom. The Hall–Kier alpha value is -1.05. The predicted molar refractivity (Wildman–Crippen MR) is 41.2 cm³/mol. The number of hydrogen-bond acceptors (Lipinski definition) is 5. The fourth-order valence-electron chi connectivity index (χ4n) is 0.484. The molecule has 0 aliphatic carbocycles. The molecule has 0 spiro atoms. The minimum Gasteiger partial charge on any atom is -0.298 e. The highest BCUT2D eigenvalue weighted by molar-refractivity contribution is 9.09. The van der Waals surface area contributed by atoms with E-state index in [1.807, 2.05) is 0 Å². The monoisotopic (exact) mass is 240 g/mol. The molecular formula is C4H5BrN2O5. The first-order chi connectivity index (χ1) is 5.49. The van der Waals surface area contributed by atoms with Gasteiger partial charge in [0.05, 0.1) is 15.2 Å². The fraction of sp³-hybridized carbons (Fsp3) is 0.750. The van der Waals surface area contributed by atoms with Gasteiger partial charge in [0.15, 0.2) is 5.78 Å². The minimum atomic E-state index is -2.02. The topological polar surface area (TPSA) is 103 Å². The second-order valence-electron chi connectivity index (χ2n) is 1.93. The van der Waals surface area contributed by atoms with Crippen molar-refractivity contribution in [3.05, 3.63) is 20.2 Å². The van der Waals surface area contributed by atoms with E-state index in [2.05, 4.69) is 15.9 Å². The van der Waals surface area contributed by atoms with E-state index in [4.69, 9.17) is 0 Å². The standard InChI is InChI=1S/C4H5BrN2O5/c5-2-3(8)1-4(6(9)10)7(11)12/h4H,1-2H2. The zero-order valence-electron chi connectivity index (χ0n) is 5.81. The number of halogens is 1. The van der Waals surface area contributed by atoms with Gasteiger partial charge in [-0.15, -0.1) is 0 Å². The molecule has 0 amide bonds. The van der Waals surface area contributed by atoms with Gasteiger partial charge in [0, 0.05) is 0 Å². The Labute approximate surface area is 75.2 Å². The van der Waals surface area contributed by atoms with Gasteiger partial charge in [-0.2, -0.15) is 0 Å². The van der Waals surface area contributed by atoms with Gasteiger partial charge in [0.2, 0.25) is 0 Å². The number of rotatable bonds is 5. The highest BCUT2D eigenvalue weighted by Gasteiger charge is 2.34. The van der Waals surface area contributed by atoms with E-state index in [1.54, 1.807) is 0 Å². The maximum absolute atomic E-state index is 10.6. The normalized spacial score (nSPS) is 9.83. The Bertz CT molecular complexity index is 203. The van der Waals surface area contributed by atoms with Crippen LogP contribution in [0.4, 0.5) is 0 Å². The number of nitro groups is 2. The van der Waals surface area contributed by atoms with E-state index < -0.39 is 28.2 Å². The summed E-state index contributed by atoms with van der Waals surface area (Å²) in [4.78, 5) is 28.4. The third-order valence-electron chi connectivity index (χ3n) is 1.05. The number of nitrogens with zero attached hydrogens (tertiary/aromatic N) is 2. The van der Waals surface area contributed by atoms with Crippen LogP contribution in [0.3, 0.4) is 0 Å². The van der Waals surface area contributed by atoms with Crippen molar-refractivity contribution in [1.82, 2.24) is 0 Å². The van der Waals surface area contributed by atoms with E-state index in [9.17, 15) is 25.0 Å². The van der Waals surface area contributed by atoms with Crippen molar-refractivity contribution in [2.75, 3.05) is 5.33 Å². The predicted octanol–water partition coefficient (Wildman–Crippen LogP) is 0.220. The number of hydrogen-bond donors (Lipinski definition) is 0. The third-order valence-corrected chi connectivity index (χ3v) is 1.67. The Kier molecular flexibility index (Phi) is 4.34. The van der Waals surface area contributed by atoms with Crippen LogP contribution in [-0.4, -0.2) is 27.1 Å². The maximum Gasteiger partial charge on any atom is 0.457 e. The summed E-state index contributed by atoms with van der Waals surface area (Å²) < 4.78 is 0. The molecule has 0 radical (unpaired) electrons. The van der Waals surface area contributed by atoms with Crippen LogP contribution in [0, 0.1) is 20.2 Å². The molecule has 0 saturated carbocycles. The molecule has 8 heteroatoms. The van der Waals surface area contributed by atoms with Crippen LogP contribution in [0.2, 0.25) is 0 Å². The molecule has 0 heterocycles.